The van der Waals surface area contributed by atoms with E-state index in [1.165, 1.54) is 64.2 Å². The molecule has 4 aliphatic rings. The second-order valence-corrected chi connectivity index (χ2v) is 12.6. The highest BCUT2D eigenvalue weighted by Crippen LogP contribution is 2.68. The van der Waals surface area contributed by atoms with E-state index >= 15 is 0 Å². The molecule has 7 unspecified atom stereocenters. The van der Waals surface area contributed by atoms with E-state index in [1.54, 1.807) is 0 Å². The van der Waals surface area contributed by atoms with Crippen molar-refractivity contribution in [1.82, 2.24) is 0 Å². The summed E-state index contributed by atoms with van der Waals surface area (Å²) in [5.74, 6) is 6.49. The summed E-state index contributed by atoms with van der Waals surface area (Å²) < 4.78 is 0. The molecule has 4 fully saturated rings. The maximum absolute atomic E-state index is 10.3. The van der Waals surface area contributed by atoms with Crippen LogP contribution in [0.1, 0.15) is 112 Å². The van der Waals surface area contributed by atoms with E-state index in [-0.39, 0.29) is 6.10 Å². The van der Waals surface area contributed by atoms with E-state index in [1.807, 2.05) is 0 Å². The molecule has 9 atom stereocenters. The molecule has 28 heavy (non-hydrogen) atoms. The van der Waals surface area contributed by atoms with Crippen LogP contribution in [0.4, 0.5) is 0 Å². The van der Waals surface area contributed by atoms with Gasteiger partial charge in [0.25, 0.3) is 0 Å². The van der Waals surface area contributed by atoms with Gasteiger partial charge in [0.2, 0.25) is 0 Å². The molecule has 4 rings (SSSR count). The number of fused-ring (bicyclic) bond motifs is 5. The molecule has 0 aromatic rings. The van der Waals surface area contributed by atoms with Crippen molar-refractivity contribution in [1.29, 1.82) is 0 Å². The van der Waals surface area contributed by atoms with Gasteiger partial charge >= 0.3 is 0 Å². The maximum Gasteiger partial charge on any atom is 0.0543 e. The van der Waals surface area contributed by atoms with Crippen LogP contribution in [0.3, 0.4) is 0 Å². The first-order chi connectivity index (χ1) is 13.3. The first kappa shape index (κ1) is 21.2. The summed E-state index contributed by atoms with van der Waals surface area (Å²) in [5.41, 5.74) is 1.15. The zero-order chi connectivity index (χ0) is 20.1. The quantitative estimate of drug-likeness (QED) is 0.518. The first-order valence-electron chi connectivity index (χ1n) is 12.9. The normalized spacial score (nSPS) is 49.4. The molecule has 0 heterocycles. The molecular weight excluding hydrogens is 340 g/mol. The molecule has 0 radical (unpaired) electrons. The van der Waals surface area contributed by atoms with E-state index in [0.29, 0.717) is 10.8 Å². The van der Waals surface area contributed by atoms with Crippen LogP contribution in [0.5, 0.6) is 0 Å². The van der Waals surface area contributed by atoms with Gasteiger partial charge in [0.15, 0.2) is 0 Å². The average molecular weight is 389 g/mol. The summed E-state index contributed by atoms with van der Waals surface area (Å²) >= 11 is 0. The minimum absolute atomic E-state index is 0.00830. The predicted octanol–water partition coefficient (Wildman–Crippen LogP) is 7.47. The Labute approximate surface area is 175 Å². The Morgan fingerprint density at radius 1 is 0.821 bits per heavy atom. The van der Waals surface area contributed by atoms with E-state index in [0.717, 1.165) is 54.3 Å². The van der Waals surface area contributed by atoms with Crippen molar-refractivity contribution >= 4 is 0 Å². The first-order valence-corrected chi connectivity index (χ1v) is 12.9. The predicted molar refractivity (Wildman–Crippen MR) is 119 cm³/mol. The van der Waals surface area contributed by atoms with Crippen molar-refractivity contribution in [3.63, 3.8) is 0 Å². The van der Waals surface area contributed by atoms with Gasteiger partial charge in [-0.1, -0.05) is 53.9 Å². The summed E-state index contributed by atoms with van der Waals surface area (Å²) in [6.45, 7) is 12.7. The van der Waals surface area contributed by atoms with Gasteiger partial charge in [-0.15, -0.1) is 0 Å². The van der Waals surface area contributed by atoms with E-state index in [4.69, 9.17) is 0 Å². The average Bonchev–Trinajstić information content (AvgIpc) is 2.99. The van der Waals surface area contributed by atoms with Crippen LogP contribution in [0.2, 0.25) is 0 Å². The fourth-order valence-electron chi connectivity index (χ4n) is 9.26. The number of rotatable bonds is 5. The van der Waals surface area contributed by atoms with Gasteiger partial charge in [-0.2, -0.15) is 0 Å². The Hall–Kier alpha value is -0.0400. The van der Waals surface area contributed by atoms with Crippen molar-refractivity contribution in [2.24, 2.45) is 52.3 Å². The van der Waals surface area contributed by atoms with Crippen molar-refractivity contribution in [3.8, 4) is 0 Å². The monoisotopic (exact) mass is 388 g/mol. The van der Waals surface area contributed by atoms with Crippen molar-refractivity contribution in [3.05, 3.63) is 0 Å². The minimum atomic E-state index is -0.00830. The second-order valence-electron chi connectivity index (χ2n) is 12.6. The van der Waals surface area contributed by atoms with Gasteiger partial charge in [0.1, 0.15) is 0 Å². The van der Waals surface area contributed by atoms with Gasteiger partial charge < -0.3 is 5.11 Å². The Kier molecular flexibility index (Phi) is 5.98. The molecule has 1 N–H and O–H groups in total. The molecule has 0 amide bonds. The molecule has 0 aliphatic heterocycles. The summed E-state index contributed by atoms with van der Waals surface area (Å²) in [7, 11) is 0. The third-order valence-corrected chi connectivity index (χ3v) is 10.8. The Bertz CT molecular complexity index is 540. The summed E-state index contributed by atoms with van der Waals surface area (Å²) in [5, 5.41) is 10.3. The molecule has 0 spiro atoms. The molecule has 0 saturated heterocycles. The lowest BCUT2D eigenvalue weighted by Crippen LogP contribution is -2.54. The highest BCUT2D eigenvalue weighted by Gasteiger charge is 2.60. The van der Waals surface area contributed by atoms with Gasteiger partial charge in [-0.3, -0.25) is 0 Å². The molecule has 1 nitrogen and oxygen atoms in total. The molecule has 0 aromatic heterocycles. The summed E-state index contributed by atoms with van der Waals surface area (Å²) in [4.78, 5) is 0. The van der Waals surface area contributed by atoms with Crippen molar-refractivity contribution in [2.45, 2.75) is 118 Å². The smallest absolute Gasteiger partial charge is 0.0543 e. The lowest BCUT2D eigenvalue weighted by atomic mass is 9.44. The number of hydrogen-bond acceptors (Lipinski definition) is 1. The van der Waals surface area contributed by atoms with Gasteiger partial charge in [0, 0.05) is 0 Å². The van der Waals surface area contributed by atoms with Crippen molar-refractivity contribution in [2.75, 3.05) is 0 Å². The molecule has 0 aromatic carbocycles. The molecule has 162 valence electrons. The number of aliphatic hydroxyl groups excluding tert-OH is 1. The number of aliphatic hydroxyl groups is 1. The summed E-state index contributed by atoms with van der Waals surface area (Å²) in [6.07, 6.45) is 16.6. The maximum atomic E-state index is 10.3. The Morgan fingerprint density at radius 3 is 2.29 bits per heavy atom. The fourth-order valence-corrected chi connectivity index (χ4v) is 9.26. The van der Waals surface area contributed by atoms with Crippen molar-refractivity contribution < 1.29 is 5.11 Å². The van der Waals surface area contributed by atoms with Crippen LogP contribution in [0, 0.1) is 52.3 Å². The largest absolute Gasteiger partial charge is 0.393 e. The lowest BCUT2D eigenvalue weighted by molar-refractivity contribution is -0.129. The Morgan fingerprint density at radius 2 is 1.54 bits per heavy atom. The standard InChI is InChI=1S/C27H48O/c1-18(2)7-6-8-19(3)23-11-12-24-22-10-9-20-17-21(28)13-15-26(20,4)25(22)14-16-27(23,24)5/h18-25,28H,6-17H2,1-5H3/t19?,20?,21?,22?,23?,24?,25?,26-,27+/m0/s1. The van der Waals surface area contributed by atoms with E-state index in [2.05, 4.69) is 34.6 Å². The third-order valence-electron chi connectivity index (χ3n) is 10.8. The van der Waals surface area contributed by atoms with E-state index in [9.17, 15) is 5.11 Å². The SMILES string of the molecule is CC(C)CCCC(C)C1CCC2C3CCC4CC(O)CC[C@]4(C)C3CC[C@]12C. The molecule has 0 bridgehead atoms. The minimum Gasteiger partial charge on any atom is -0.393 e. The lowest BCUT2D eigenvalue weighted by Gasteiger charge is -2.61. The second kappa shape index (κ2) is 7.90. The van der Waals surface area contributed by atoms with Crippen LogP contribution in [-0.2, 0) is 0 Å². The van der Waals surface area contributed by atoms with Crippen LogP contribution >= 0.6 is 0 Å². The van der Waals surface area contributed by atoms with E-state index < -0.39 is 0 Å². The van der Waals surface area contributed by atoms with Crippen LogP contribution < -0.4 is 0 Å². The topological polar surface area (TPSA) is 20.2 Å². The fraction of sp³-hybridized carbons (Fsp3) is 1.00. The highest BCUT2D eigenvalue weighted by molar-refractivity contribution is 5.09. The molecule has 4 saturated carbocycles. The van der Waals surface area contributed by atoms with Crippen LogP contribution in [0.15, 0.2) is 0 Å². The number of hydrogen-bond donors (Lipinski definition) is 1. The van der Waals surface area contributed by atoms with Gasteiger partial charge in [0.05, 0.1) is 6.10 Å². The summed E-state index contributed by atoms with van der Waals surface area (Å²) in [6, 6.07) is 0. The molecular formula is C27H48O. The van der Waals surface area contributed by atoms with Gasteiger partial charge in [-0.25, -0.2) is 0 Å². The van der Waals surface area contributed by atoms with Crippen LogP contribution in [0.25, 0.3) is 0 Å². The van der Waals surface area contributed by atoms with Crippen LogP contribution in [-0.4, -0.2) is 11.2 Å². The molecule has 1 heteroatoms. The zero-order valence-corrected chi connectivity index (χ0v) is 19.6. The Balaban J connectivity index is 1.46. The molecule has 4 aliphatic carbocycles. The highest BCUT2D eigenvalue weighted by atomic mass is 16.3. The van der Waals surface area contributed by atoms with Gasteiger partial charge in [-0.05, 0) is 110 Å². The zero-order valence-electron chi connectivity index (χ0n) is 19.6. The third kappa shape index (κ3) is 3.50.